The van der Waals surface area contributed by atoms with E-state index in [1.807, 2.05) is 0 Å². The van der Waals surface area contributed by atoms with E-state index in [9.17, 15) is 0 Å². The van der Waals surface area contributed by atoms with Crippen molar-refractivity contribution in [3.05, 3.63) is 0 Å². The summed E-state index contributed by atoms with van der Waals surface area (Å²) in [6.45, 7) is 0.745. The molecule has 0 atom stereocenters. The predicted molar refractivity (Wildman–Crippen MR) is 63.0 cm³/mol. The molecule has 90 valence electrons. The van der Waals surface area contributed by atoms with Crippen molar-refractivity contribution in [3.63, 3.8) is 0 Å². The minimum Gasteiger partial charge on any atom is -0.367 e. The van der Waals surface area contributed by atoms with E-state index in [0.29, 0.717) is 0 Å². The minimum absolute atomic E-state index is 0.117. The van der Waals surface area contributed by atoms with Crippen LogP contribution in [0.2, 0.25) is 0 Å². The smallest absolute Gasteiger partial charge is 0.0813 e. The highest BCUT2D eigenvalue weighted by molar-refractivity contribution is 5.07. The van der Waals surface area contributed by atoms with Crippen LogP contribution >= 0.6 is 0 Å². The molecule has 4 bridgehead atoms. The van der Waals surface area contributed by atoms with Crippen molar-refractivity contribution in [2.45, 2.75) is 62.6 Å². The number of hydrogen-bond donors (Lipinski definition) is 1. The Hall–Kier alpha value is -0.0800. The lowest BCUT2D eigenvalue weighted by Gasteiger charge is -2.57. The Morgan fingerprint density at radius 2 is 1.44 bits per heavy atom. The molecule has 0 saturated heterocycles. The Balaban J connectivity index is 1.57. The van der Waals surface area contributed by atoms with Gasteiger partial charge in [0.1, 0.15) is 0 Å². The first-order chi connectivity index (χ1) is 7.71. The average Bonchev–Trinajstić information content (AvgIpc) is 2.95. The van der Waals surface area contributed by atoms with Crippen LogP contribution in [0.4, 0.5) is 0 Å². The van der Waals surface area contributed by atoms with Gasteiger partial charge in [-0.2, -0.15) is 0 Å². The van der Waals surface area contributed by atoms with E-state index < -0.39 is 0 Å². The lowest BCUT2D eigenvalue weighted by molar-refractivity contribution is -0.194. The van der Waals surface area contributed by atoms with E-state index in [-0.39, 0.29) is 11.2 Å². The van der Waals surface area contributed by atoms with Crippen LogP contribution in [0.1, 0.15) is 51.4 Å². The zero-order valence-corrected chi connectivity index (χ0v) is 10.1. The van der Waals surface area contributed by atoms with Crippen LogP contribution in [-0.4, -0.2) is 17.7 Å². The zero-order chi connectivity index (χ0) is 10.8. The van der Waals surface area contributed by atoms with Gasteiger partial charge in [0.15, 0.2) is 0 Å². The van der Waals surface area contributed by atoms with Crippen molar-refractivity contribution in [3.8, 4) is 0 Å². The van der Waals surface area contributed by atoms with Crippen molar-refractivity contribution in [1.29, 1.82) is 0 Å². The molecule has 2 nitrogen and oxygen atoms in total. The van der Waals surface area contributed by atoms with Gasteiger partial charge in [0.25, 0.3) is 0 Å². The Morgan fingerprint density at radius 1 is 0.938 bits per heavy atom. The quantitative estimate of drug-likeness (QED) is 0.794. The van der Waals surface area contributed by atoms with E-state index in [2.05, 4.69) is 0 Å². The second-order valence-corrected chi connectivity index (χ2v) is 7.09. The molecule has 2 N–H and O–H groups in total. The van der Waals surface area contributed by atoms with Gasteiger partial charge in [0.2, 0.25) is 0 Å². The number of nitrogens with two attached hydrogens (primary N) is 1. The third kappa shape index (κ3) is 1.39. The lowest BCUT2D eigenvalue weighted by atomic mass is 9.54. The number of hydrogen-bond acceptors (Lipinski definition) is 2. The number of rotatable bonds is 3. The van der Waals surface area contributed by atoms with Gasteiger partial charge in [-0.05, 0) is 69.1 Å². The Bertz CT molecular complexity index is 273. The summed E-state index contributed by atoms with van der Waals surface area (Å²) >= 11 is 0. The second-order valence-electron chi connectivity index (χ2n) is 7.09. The van der Waals surface area contributed by atoms with Crippen LogP contribution in [0.5, 0.6) is 0 Å². The molecular weight excluding hydrogens is 198 g/mol. The third-order valence-corrected chi connectivity index (χ3v) is 5.59. The van der Waals surface area contributed by atoms with Crippen LogP contribution in [0.25, 0.3) is 0 Å². The van der Waals surface area contributed by atoms with Gasteiger partial charge in [0, 0.05) is 6.54 Å². The monoisotopic (exact) mass is 221 g/mol. The summed E-state index contributed by atoms with van der Waals surface area (Å²) in [6.07, 6.45) is 11.0. The highest BCUT2D eigenvalue weighted by Crippen LogP contribution is 2.59. The van der Waals surface area contributed by atoms with Gasteiger partial charge in [0.05, 0.1) is 11.2 Å². The summed E-state index contributed by atoms with van der Waals surface area (Å²) in [5, 5.41) is 0. The van der Waals surface area contributed by atoms with Crippen molar-refractivity contribution < 1.29 is 4.74 Å². The van der Waals surface area contributed by atoms with Crippen LogP contribution in [0.3, 0.4) is 0 Å². The highest BCUT2D eigenvalue weighted by atomic mass is 16.5. The van der Waals surface area contributed by atoms with Crippen LogP contribution in [0.15, 0.2) is 0 Å². The van der Waals surface area contributed by atoms with Crippen molar-refractivity contribution >= 4 is 0 Å². The molecule has 0 spiro atoms. The summed E-state index contributed by atoms with van der Waals surface area (Å²) in [5.74, 6) is 2.96. The molecule has 5 fully saturated rings. The molecule has 0 amide bonds. The standard InChI is InChI=1S/C14H23NO/c15-9-13(1-2-13)16-14-6-10-3-11(7-14)5-12(4-10)8-14/h10-12H,1-9,15H2. The molecule has 0 aromatic carbocycles. The van der Waals surface area contributed by atoms with E-state index in [4.69, 9.17) is 10.5 Å². The van der Waals surface area contributed by atoms with Gasteiger partial charge in [-0.1, -0.05) is 0 Å². The van der Waals surface area contributed by atoms with Gasteiger partial charge in [-0.3, -0.25) is 0 Å². The first kappa shape index (κ1) is 9.90. The minimum atomic E-state index is 0.117. The first-order valence-corrected chi connectivity index (χ1v) is 7.11. The average molecular weight is 221 g/mol. The maximum atomic E-state index is 6.57. The molecule has 5 aliphatic rings. The van der Waals surface area contributed by atoms with Crippen molar-refractivity contribution in [2.75, 3.05) is 6.54 Å². The second kappa shape index (κ2) is 3.02. The molecule has 0 heterocycles. The summed E-state index contributed by atoms with van der Waals surface area (Å²) in [7, 11) is 0. The summed E-state index contributed by atoms with van der Waals surface area (Å²) in [6, 6.07) is 0. The molecule has 5 saturated carbocycles. The normalized spacial score (nSPS) is 51.9. The van der Waals surface area contributed by atoms with Gasteiger partial charge in [-0.25, -0.2) is 0 Å². The van der Waals surface area contributed by atoms with Crippen LogP contribution < -0.4 is 5.73 Å². The topological polar surface area (TPSA) is 35.2 Å². The van der Waals surface area contributed by atoms with Crippen molar-refractivity contribution in [1.82, 2.24) is 0 Å². The SMILES string of the molecule is NCC1(OC23CC4CC(CC(C4)C2)C3)CC1. The van der Waals surface area contributed by atoms with E-state index in [1.54, 1.807) is 0 Å². The molecular formula is C14H23NO. The fraction of sp³-hybridized carbons (Fsp3) is 1.00. The molecule has 5 aliphatic carbocycles. The van der Waals surface area contributed by atoms with Gasteiger partial charge in [-0.15, -0.1) is 0 Å². The molecule has 16 heavy (non-hydrogen) atoms. The molecule has 0 aliphatic heterocycles. The van der Waals surface area contributed by atoms with Crippen LogP contribution in [-0.2, 0) is 4.74 Å². The van der Waals surface area contributed by atoms with E-state index in [0.717, 1.165) is 24.3 Å². The Kier molecular flexibility index (Phi) is 1.87. The fourth-order valence-electron chi connectivity index (χ4n) is 5.10. The maximum absolute atomic E-state index is 6.57. The summed E-state index contributed by atoms with van der Waals surface area (Å²) < 4.78 is 6.57. The van der Waals surface area contributed by atoms with E-state index in [1.165, 1.54) is 51.4 Å². The van der Waals surface area contributed by atoms with E-state index >= 15 is 0 Å². The van der Waals surface area contributed by atoms with Gasteiger partial charge >= 0.3 is 0 Å². The molecule has 2 heteroatoms. The van der Waals surface area contributed by atoms with Crippen molar-refractivity contribution in [2.24, 2.45) is 23.5 Å². The molecule has 0 unspecified atom stereocenters. The molecule has 0 radical (unpaired) electrons. The summed E-state index contributed by atoms with van der Waals surface area (Å²) in [5.41, 5.74) is 6.26. The number of ether oxygens (including phenoxy) is 1. The Morgan fingerprint density at radius 3 is 1.81 bits per heavy atom. The maximum Gasteiger partial charge on any atom is 0.0813 e. The first-order valence-electron chi connectivity index (χ1n) is 7.11. The highest BCUT2D eigenvalue weighted by Gasteiger charge is 2.56. The van der Waals surface area contributed by atoms with Crippen LogP contribution in [0, 0.1) is 17.8 Å². The molecule has 5 rings (SSSR count). The lowest BCUT2D eigenvalue weighted by Crippen LogP contribution is -2.54. The molecule has 0 aromatic heterocycles. The third-order valence-electron chi connectivity index (χ3n) is 5.59. The predicted octanol–water partition coefficient (Wildman–Crippen LogP) is 2.46. The summed E-state index contributed by atoms with van der Waals surface area (Å²) in [4.78, 5) is 0. The fourth-order valence-corrected chi connectivity index (χ4v) is 5.10. The molecule has 0 aromatic rings. The van der Waals surface area contributed by atoms with Gasteiger partial charge < -0.3 is 10.5 Å². The largest absolute Gasteiger partial charge is 0.367 e. The Labute approximate surface area is 97.9 Å². The zero-order valence-electron chi connectivity index (χ0n) is 10.1.